The van der Waals surface area contributed by atoms with Crippen molar-refractivity contribution in [3.05, 3.63) is 53.1 Å². The average molecular weight is 423 g/mol. The molecule has 0 radical (unpaired) electrons. The molecule has 0 bridgehead atoms. The molecule has 0 spiro atoms. The van der Waals surface area contributed by atoms with Gasteiger partial charge in [0, 0.05) is 5.56 Å². The van der Waals surface area contributed by atoms with Crippen LogP contribution in [0.4, 0.5) is 5.69 Å². The Bertz CT molecular complexity index is 999. The third-order valence-electron chi connectivity index (χ3n) is 4.33. The molecule has 1 amide bonds. The van der Waals surface area contributed by atoms with E-state index in [2.05, 4.69) is 15.5 Å². The lowest BCUT2D eigenvalue weighted by Gasteiger charge is -2.08. The van der Waals surface area contributed by atoms with Gasteiger partial charge >= 0.3 is 0 Å². The number of anilines is 1. The van der Waals surface area contributed by atoms with Crippen LogP contribution in [-0.4, -0.2) is 20.9 Å². The lowest BCUT2D eigenvalue weighted by atomic mass is 10.0. The predicted molar refractivity (Wildman–Crippen MR) is 106 cm³/mol. The monoisotopic (exact) mass is 421 g/mol. The zero-order valence-electron chi connectivity index (χ0n) is 14.0. The number of carbonyl (C=O) groups is 1. The molecule has 8 heteroatoms. The van der Waals surface area contributed by atoms with E-state index < -0.39 is 10.7 Å². The number of hydrogen-bond acceptors (Lipinski definition) is 4. The molecule has 1 aromatic heterocycles. The van der Waals surface area contributed by atoms with Crippen LogP contribution in [-0.2, 0) is 4.79 Å². The summed E-state index contributed by atoms with van der Waals surface area (Å²) in [6, 6.07) is 12.8. The first-order valence-corrected chi connectivity index (χ1v) is 9.60. The lowest BCUT2D eigenvalue weighted by molar-refractivity contribution is -0.114. The van der Waals surface area contributed by atoms with Crippen molar-refractivity contribution in [2.45, 2.75) is 23.6 Å². The van der Waals surface area contributed by atoms with Gasteiger partial charge in [-0.15, -0.1) is 0 Å². The van der Waals surface area contributed by atoms with E-state index in [9.17, 15) is 4.79 Å². The van der Waals surface area contributed by atoms with Crippen molar-refractivity contribution in [2.75, 3.05) is 5.32 Å². The highest BCUT2D eigenvalue weighted by Gasteiger charge is 2.29. The fourth-order valence-corrected chi connectivity index (χ4v) is 3.29. The van der Waals surface area contributed by atoms with Crippen molar-refractivity contribution >= 4 is 46.4 Å². The molecule has 1 saturated carbocycles. The van der Waals surface area contributed by atoms with E-state index >= 15 is 0 Å². The molecule has 0 aliphatic heterocycles. The summed E-state index contributed by atoms with van der Waals surface area (Å²) in [6.45, 7) is 0. The van der Waals surface area contributed by atoms with Crippen LogP contribution < -0.4 is 5.32 Å². The number of nitrogens with one attached hydrogen (secondary N) is 1. The minimum Gasteiger partial charge on any atom is -0.334 e. The highest BCUT2D eigenvalue weighted by atomic mass is 35.5. The molecule has 1 heterocycles. The van der Waals surface area contributed by atoms with Gasteiger partial charge in [-0.05, 0) is 42.5 Å². The topological polar surface area (TPSA) is 68.0 Å². The summed E-state index contributed by atoms with van der Waals surface area (Å²) in [5.74, 6) is 0.638. The Morgan fingerprint density at radius 2 is 1.93 bits per heavy atom. The average Bonchev–Trinajstić information content (AvgIpc) is 3.39. The summed E-state index contributed by atoms with van der Waals surface area (Å²) < 4.78 is 5.46. The Balaban J connectivity index is 1.72. The van der Waals surface area contributed by atoms with Crippen molar-refractivity contribution in [2.24, 2.45) is 0 Å². The molecule has 4 rings (SSSR count). The van der Waals surface area contributed by atoms with Gasteiger partial charge in [0.25, 0.3) is 11.8 Å². The Labute approximate surface area is 170 Å². The Kier molecular flexibility index (Phi) is 5.08. The van der Waals surface area contributed by atoms with Gasteiger partial charge in [0.05, 0.1) is 16.3 Å². The van der Waals surface area contributed by atoms with Gasteiger partial charge in [0.15, 0.2) is 4.84 Å². The smallest absolute Gasteiger partial charge is 0.260 e. The zero-order chi connectivity index (χ0) is 19.0. The normalized spacial score (nSPS) is 13.8. The SMILES string of the molecule is O=C(Nc1ccccc1-c1nc(-c2c(Cl)cccc2C2CC2)no1)C(Cl)Cl. The minimum atomic E-state index is -1.18. The van der Waals surface area contributed by atoms with Crippen molar-refractivity contribution in [1.82, 2.24) is 10.1 Å². The number of hydrogen-bond donors (Lipinski definition) is 1. The van der Waals surface area contributed by atoms with Gasteiger partial charge in [-0.2, -0.15) is 4.98 Å². The zero-order valence-corrected chi connectivity index (χ0v) is 16.2. The molecule has 0 atom stereocenters. The molecule has 5 nitrogen and oxygen atoms in total. The third-order valence-corrected chi connectivity index (χ3v) is 5.04. The second-order valence-corrected chi connectivity index (χ2v) is 7.74. The molecule has 1 aliphatic carbocycles. The number of nitrogens with zero attached hydrogens (tertiary/aromatic N) is 2. The molecular weight excluding hydrogens is 409 g/mol. The van der Waals surface area contributed by atoms with Gasteiger partial charge in [-0.1, -0.05) is 64.2 Å². The van der Waals surface area contributed by atoms with E-state index in [1.807, 2.05) is 18.2 Å². The summed E-state index contributed by atoms with van der Waals surface area (Å²) >= 11 is 17.7. The van der Waals surface area contributed by atoms with Crippen LogP contribution in [0.5, 0.6) is 0 Å². The summed E-state index contributed by atoms with van der Waals surface area (Å²) in [6.07, 6.45) is 2.26. The highest BCUT2D eigenvalue weighted by molar-refractivity contribution is 6.54. The van der Waals surface area contributed by atoms with Crippen LogP contribution in [0, 0.1) is 0 Å². The molecular formula is C19H14Cl3N3O2. The van der Waals surface area contributed by atoms with E-state index in [0.29, 0.717) is 28.0 Å². The van der Waals surface area contributed by atoms with Gasteiger partial charge in [0.2, 0.25) is 5.82 Å². The van der Waals surface area contributed by atoms with E-state index in [4.69, 9.17) is 39.3 Å². The van der Waals surface area contributed by atoms with Crippen LogP contribution in [0.15, 0.2) is 47.0 Å². The van der Waals surface area contributed by atoms with Crippen LogP contribution in [0.1, 0.15) is 24.3 Å². The van der Waals surface area contributed by atoms with E-state index in [1.54, 1.807) is 24.3 Å². The van der Waals surface area contributed by atoms with Gasteiger partial charge in [-0.3, -0.25) is 4.79 Å². The van der Waals surface area contributed by atoms with Crippen LogP contribution in [0.3, 0.4) is 0 Å². The van der Waals surface area contributed by atoms with Crippen molar-refractivity contribution < 1.29 is 9.32 Å². The largest absolute Gasteiger partial charge is 0.334 e. The van der Waals surface area contributed by atoms with E-state index in [0.717, 1.165) is 24.0 Å². The van der Waals surface area contributed by atoms with E-state index in [1.165, 1.54) is 0 Å². The molecule has 2 aromatic carbocycles. The second kappa shape index (κ2) is 7.50. The van der Waals surface area contributed by atoms with Crippen LogP contribution in [0.2, 0.25) is 5.02 Å². The summed E-state index contributed by atoms with van der Waals surface area (Å²) in [7, 11) is 0. The number of halogens is 3. The Morgan fingerprint density at radius 1 is 1.15 bits per heavy atom. The number of benzene rings is 2. The summed E-state index contributed by atoms with van der Waals surface area (Å²) in [4.78, 5) is 15.2. The maximum Gasteiger partial charge on any atom is 0.260 e. The Hall–Kier alpha value is -2.08. The number of aromatic nitrogens is 2. The summed E-state index contributed by atoms with van der Waals surface area (Å²) in [5, 5.41) is 7.35. The molecule has 0 saturated heterocycles. The molecule has 3 aromatic rings. The van der Waals surface area contributed by atoms with Gasteiger partial charge in [-0.25, -0.2) is 0 Å². The number of carbonyl (C=O) groups excluding carboxylic acids is 1. The quantitative estimate of drug-likeness (QED) is 0.537. The molecule has 0 unspecified atom stereocenters. The predicted octanol–water partition coefficient (Wildman–Crippen LogP) is 5.68. The fraction of sp³-hybridized carbons (Fsp3) is 0.211. The van der Waals surface area contributed by atoms with E-state index in [-0.39, 0.29) is 5.89 Å². The number of rotatable bonds is 5. The van der Waals surface area contributed by atoms with Crippen molar-refractivity contribution in [3.63, 3.8) is 0 Å². The van der Waals surface area contributed by atoms with Crippen LogP contribution in [0.25, 0.3) is 22.8 Å². The molecule has 1 aliphatic rings. The maximum atomic E-state index is 11.8. The van der Waals surface area contributed by atoms with Crippen LogP contribution >= 0.6 is 34.8 Å². The maximum absolute atomic E-state index is 11.8. The van der Waals surface area contributed by atoms with Crippen molar-refractivity contribution in [3.8, 4) is 22.8 Å². The standard InChI is InChI=1S/C19H14Cl3N3O2/c20-13-6-3-5-11(10-8-9-10)15(13)17-24-19(27-25-17)12-4-1-2-7-14(12)23-18(26)16(21)22/h1-7,10,16H,8-9H2,(H,23,26). The minimum absolute atomic E-state index is 0.267. The van der Waals surface area contributed by atoms with Crippen molar-refractivity contribution in [1.29, 1.82) is 0 Å². The first kappa shape index (κ1) is 18.3. The first-order valence-electron chi connectivity index (χ1n) is 8.35. The molecule has 1 fully saturated rings. The second-order valence-electron chi connectivity index (χ2n) is 6.24. The lowest BCUT2D eigenvalue weighted by Crippen LogP contribution is -2.18. The molecule has 1 N–H and O–H groups in total. The van der Waals surface area contributed by atoms with Gasteiger partial charge in [0.1, 0.15) is 0 Å². The van der Waals surface area contributed by atoms with Gasteiger partial charge < -0.3 is 9.84 Å². The fourth-order valence-electron chi connectivity index (χ4n) is 2.91. The number of alkyl halides is 2. The highest BCUT2D eigenvalue weighted by Crippen LogP contribution is 2.46. The third kappa shape index (κ3) is 3.81. The molecule has 138 valence electrons. The first-order chi connectivity index (χ1) is 13.0. The Morgan fingerprint density at radius 3 is 2.67 bits per heavy atom. The number of amides is 1. The molecule has 27 heavy (non-hydrogen) atoms. The summed E-state index contributed by atoms with van der Waals surface area (Å²) in [5.41, 5.74) is 2.97. The number of para-hydroxylation sites is 1.